The van der Waals surface area contributed by atoms with Gasteiger partial charge in [-0.2, -0.15) is 0 Å². The van der Waals surface area contributed by atoms with Crippen LogP contribution in [-0.4, -0.2) is 19.8 Å². The molecule has 1 atom stereocenters. The summed E-state index contributed by atoms with van der Waals surface area (Å²) in [5.41, 5.74) is 0. The SMILES string of the molecule is COP(C)(=O)C=O. The Labute approximate surface area is 42.1 Å². The van der Waals surface area contributed by atoms with E-state index in [9.17, 15) is 9.36 Å². The molecule has 0 fully saturated rings. The minimum Gasteiger partial charge on any atom is -0.327 e. The highest BCUT2D eigenvalue weighted by atomic mass is 31.2. The first-order valence-corrected chi connectivity index (χ1v) is 3.86. The van der Waals surface area contributed by atoms with E-state index in [0.29, 0.717) is 6.03 Å². The molecule has 1 unspecified atom stereocenters. The average molecular weight is 122 g/mol. The second-order valence-electron chi connectivity index (χ2n) is 1.20. The first kappa shape index (κ1) is 6.86. The van der Waals surface area contributed by atoms with Crippen molar-refractivity contribution in [2.45, 2.75) is 0 Å². The van der Waals surface area contributed by atoms with Gasteiger partial charge in [-0.05, 0) is 0 Å². The van der Waals surface area contributed by atoms with Gasteiger partial charge in [0.15, 0.2) is 0 Å². The molecular formula is C3H7O3P. The third kappa shape index (κ3) is 2.54. The molecule has 3 nitrogen and oxygen atoms in total. The van der Waals surface area contributed by atoms with E-state index in [1.807, 2.05) is 0 Å². The Balaban J connectivity index is 3.85. The largest absolute Gasteiger partial charge is 0.327 e. The van der Waals surface area contributed by atoms with Crippen molar-refractivity contribution in [1.82, 2.24) is 0 Å². The predicted molar refractivity (Wildman–Crippen MR) is 27.3 cm³/mol. The molecule has 0 aromatic carbocycles. The molecule has 0 saturated heterocycles. The van der Waals surface area contributed by atoms with Crippen LogP contribution >= 0.6 is 7.37 Å². The summed E-state index contributed by atoms with van der Waals surface area (Å²) in [7, 11) is -1.59. The lowest BCUT2D eigenvalue weighted by Crippen LogP contribution is -1.79. The summed E-state index contributed by atoms with van der Waals surface area (Å²) >= 11 is 0. The number of hydrogen-bond acceptors (Lipinski definition) is 3. The van der Waals surface area contributed by atoms with Gasteiger partial charge in [-0.1, -0.05) is 0 Å². The first-order valence-electron chi connectivity index (χ1n) is 1.71. The van der Waals surface area contributed by atoms with E-state index >= 15 is 0 Å². The van der Waals surface area contributed by atoms with Gasteiger partial charge in [0.05, 0.1) is 0 Å². The maximum Gasteiger partial charge on any atom is 0.260 e. The van der Waals surface area contributed by atoms with Gasteiger partial charge in [-0.25, -0.2) is 0 Å². The van der Waals surface area contributed by atoms with Gasteiger partial charge in [0, 0.05) is 13.8 Å². The molecule has 0 heterocycles. The van der Waals surface area contributed by atoms with E-state index < -0.39 is 7.37 Å². The molecule has 0 rings (SSSR count). The minimum absolute atomic E-state index is 0.326. The quantitative estimate of drug-likeness (QED) is 0.400. The summed E-state index contributed by atoms with van der Waals surface area (Å²) < 4.78 is 14.6. The maximum atomic E-state index is 10.4. The van der Waals surface area contributed by atoms with E-state index in [1.165, 1.54) is 13.8 Å². The normalized spacial score (nSPS) is 18.0. The smallest absolute Gasteiger partial charge is 0.260 e. The molecule has 4 heteroatoms. The van der Waals surface area contributed by atoms with Gasteiger partial charge < -0.3 is 4.52 Å². The van der Waals surface area contributed by atoms with Crippen LogP contribution in [0, 0.1) is 0 Å². The van der Waals surface area contributed by atoms with Crippen LogP contribution in [0.15, 0.2) is 0 Å². The molecule has 0 bridgehead atoms. The first-order chi connectivity index (χ1) is 3.12. The fourth-order valence-electron chi connectivity index (χ4n) is 0.0430. The zero-order valence-corrected chi connectivity index (χ0v) is 5.14. The Bertz CT molecular complexity index is 109. The monoisotopic (exact) mass is 122 g/mol. The van der Waals surface area contributed by atoms with Crippen molar-refractivity contribution >= 4 is 13.4 Å². The van der Waals surface area contributed by atoms with Crippen molar-refractivity contribution in [3.63, 3.8) is 0 Å². The fourth-order valence-corrected chi connectivity index (χ4v) is 0.129. The maximum absolute atomic E-state index is 10.4. The van der Waals surface area contributed by atoms with Gasteiger partial charge >= 0.3 is 0 Å². The molecular weight excluding hydrogens is 115 g/mol. The second kappa shape index (κ2) is 2.24. The number of hydrogen-bond donors (Lipinski definition) is 0. The zero-order chi connectivity index (χ0) is 5.91. The van der Waals surface area contributed by atoms with Crippen LogP contribution in [0.2, 0.25) is 0 Å². The van der Waals surface area contributed by atoms with Crippen LogP contribution in [0.3, 0.4) is 0 Å². The van der Waals surface area contributed by atoms with Crippen molar-refractivity contribution in [1.29, 1.82) is 0 Å². The highest BCUT2D eigenvalue weighted by Crippen LogP contribution is 2.36. The zero-order valence-electron chi connectivity index (χ0n) is 4.25. The highest BCUT2D eigenvalue weighted by molar-refractivity contribution is 7.73. The van der Waals surface area contributed by atoms with Gasteiger partial charge in [0.25, 0.3) is 7.37 Å². The molecule has 7 heavy (non-hydrogen) atoms. The van der Waals surface area contributed by atoms with Gasteiger partial charge in [-0.15, -0.1) is 0 Å². The lowest BCUT2D eigenvalue weighted by Gasteiger charge is -1.96. The topological polar surface area (TPSA) is 43.4 Å². The summed E-state index contributed by atoms with van der Waals surface area (Å²) in [5.74, 6) is 0. The van der Waals surface area contributed by atoms with E-state index in [4.69, 9.17) is 0 Å². The van der Waals surface area contributed by atoms with E-state index in [1.54, 1.807) is 0 Å². The van der Waals surface area contributed by atoms with Gasteiger partial charge in [-0.3, -0.25) is 9.36 Å². The Morgan fingerprint density at radius 1 is 1.71 bits per heavy atom. The van der Waals surface area contributed by atoms with Crippen molar-refractivity contribution in [3.05, 3.63) is 0 Å². The van der Waals surface area contributed by atoms with Crippen molar-refractivity contribution < 1.29 is 13.9 Å². The summed E-state index contributed by atoms with van der Waals surface area (Å²) in [6.07, 6.45) is 0. The Hall–Kier alpha value is -0.140. The highest BCUT2D eigenvalue weighted by Gasteiger charge is 2.08. The van der Waals surface area contributed by atoms with Crippen LogP contribution in [0.5, 0.6) is 0 Å². The molecule has 0 aliphatic carbocycles. The van der Waals surface area contributed by atoms with Crippen LogP contribution in [0.25, 0.3) is 0 Å². The van der Waals surface area contributed by atoms with Gasteiger partial charge in [0.2, 0.25) is 6.03 Å². The number of carbonyl (C=O) groups excluding carboxylic acids is 1. The third-order valence-corrected chi connectivity index (χ3v) is 1.66. The van der Waals surface area contributed by atoms with Crippen LogP contribution < -0.4 is 0 Å². The summed E-state index contributed by atoms with van der Waals surface area (Å²) in [4.78, 5) is 9.67. The second-order valence-corrected chi connectivity index (χ2v) is 3.59. The summed E-state index contributed by atoms with van der Waals surface area (Å²) in [6.45, 7) is 1.26. The third-order valence-electron chi connectivity index (χ3n) is 0.554. The molecule has 0 N–H and O–H groups in total. The Morgan fingerprint density at radius 2 is 2.14 bits per heavy atom. The molecule has 0 radical (unpaired) electrons. The van der Waals surface area contributed by atoms with Crippen LogP contribution in [0.4, 0.5) is 0 Å². The molecule has 0 aromatic heterocycles. The van der Waals surface area contributed by atoms with Crippen molar-refractivity contribution in [2.75, 3.05) is 13.8 Å². The van der Waals surface area contributed by atoms with Crippen molar-refractivity contribution in [2.24, 2.45) is 0 Å². The molecule has 0 aromatic rings. The van der Waals surface area contributed by atoms with Crippen LogP contribution in [-0.2, 0) is 13.9 Å². The summed E-state index contributed by atoms with van der Waals surface area (Å²) in [6, 6.07) is 0.326. The fraction of sp³-hybridized carbons (Fsp3) is 0.667. The molecule has 0 aliphatic heterocycles. The summed E-state index contributed by atoms with van der Waals surface area (Å²) in [5, 5.41) is 0. The predicted octanol–water partition coefficient (Wildman–Crippen LogP) is 0.731. The lowest BCUT2D eigenvalue weighted by molar-refractivity contribution is 0.406. The lowest BCUT2D eigenvalue weighted by atomic mass is 11.8. The molecule has 0 saturated carbocycles. The molecule has 42 valence electrons. The number of carbonyl (C=O) groups is 1. The van der Waals surface area contributed by atoms with Gasteiger partial charge in [0.1, 0.15) is 0 Å². The Kier molecular flexibility index (Phi) is 2.20. The van der Waals surface area contributed by atoms with E-state index in [-0.39, 0.29) is 0 Å². The van der Waals surface area contributed by atoms with E-state index in [0.717, 1.165) is 0 Å². The molecule has 0 amide bonds. The average Bonchev–Trinajstić information content (AvgIpc) is 1.68. The van der Waals surface area contributed by atoms with E-state index in [2.05, 4.69) is 4.52 Å². The van der Waals surface area contributed by atoms with Crippen LogP contribution in [0.1, 0.15) is 0 Å². The molecule has 0 aliphatic rings. The Morgan fingerprint density at radius 3 is 2.14 bits per heavy atom. The molecule has 0 spiro atoms. The minimum atomic E-state index is -2.83. The standard InChI is InChI=1S/C3H7O3P/c1-6-7(2,5)3-4/h3H,1-2H3. The number of rotatable bonds is 2. The van der Waals surface area contributed by atoms with Crippen molar-refractivity contribution in [3.8, 4) is 0 Å².